The Balaban J connectivity index is 2.18. The van der Waals surface area contributed by atoms with Gasteiger partial charge in [0.1, 0.15) is 17.9 Å². The number of rotatable bonds is 4. The van der Waals surface area contributed by atoms with Gasteiger partial charge >= 0.3 is 0 Å². The fraction of sp³-hybridized carbons (Fsp3) is 0.643. The second kappa shape index (κ2) is 5.64. The number of aromatic nitrogens is 2. The van der Waals surface area contributed by atoms with Crippen LogP contribution in [0.2, 0.25) is 0 Å². The standard InChI is InChI=1S/C14H22N4O2/c1-9(2)7-11-14(20)18(10(3)13(19)16-11)8-12-15-5-6-17(12)4/h5-6,9-11H,7-8H2,1-4H3,(H,16,19). The van der Waals surface area contributed by atoms with Gasteiger partial charge in [0, 0.05) is 19.4 Å². The molecule has 0 radical (unpaired) electrons. The van der Waals surface area contributed by atoms with Gasteiger partial charge in [0.05, 0.1) is 6.54 Å². The number of aryl methyl sites for hydroxylation is 1. The molecule has 110 valence electrons. The molecule has 0 bridgehead atoms. The lowest BCUT2D eigenvalue weighted by atomic mass is 9.99. The Morgan fingerprint density at radius 2 is 2.10 bits per heavy atom. The van der Waals surface area contributed by atoms with Gasteiger partial charge in [-0.25, -0.2) is 4.98 Å². The normalized spacial score (nSPS) is 23.4. The molecular weight excluding hydrogens is 256 g/mol. The summed E-state index contributed by atoms with van der Waals surface area (Å²) in [6.07, 6.45) is 4.19. The van der Waals surface area contributed by atoms with Gasteiger partial charge in [0.2, 0.25) is 11.8 Å². The summed E-state index contributed by atoms with van der Waals surface area (Å²) in [5, 5.41) is 2.81. The van der Waals surface area contributed by atoms with E-state index in [0.29, 0.717) is 18.9 Å². The Kier molecular flexibility index (Phi) is 4.11. The minimum absolute atomic E-state index is 0.0196. The van der Waals surface area contributed by atoms with E-state index in [2.05, 4.69) is 10.3 Å². The molecule has 1 aliphatic rings. The average Bonchev–Trinajstić information content (AvgIpc) is 2.77. The molecule has 1 aliphatic heterocycles. The van der Waals surface area contributed by atoms with Crippen LogP contribution in [-0.2, 0) is 23.2 Å². The van der Waals surface area contributed by atoms with Crippen molar-refractivity contribution in [3.63, 3.8) is 0 Å². The molecule has 2 amide bonds. The number of carbonyl (C=O) groups is 2. The van der Waals surface area contributed by atoms with E-state index in [4.69, 9.17) is 0 Å². The summed E-state index contributed by atoms with van der Waals surface area (Å²) in [5.74, 6) is 1.02. The van der Waals surface area contributed by atoms with E-state index in [1.807, 2.05) is 31.7 Å². The lowest BCUT2D eigenvalue weighted by Crippen LogP contribution is -2.62. The third-order valence-corrected chi connectivity index (χ3v) is 3.68. The van der Waals surface area contributed by atoms with Crippen LogP contribution in [0.25, 0.3) is 0 Å². The molecule has 2 atom stereocenters. The van der Waals surface area contributed by atoms with Crippen LogP contribution in [0.4, 0.5) is 0 Å². The molecule has 0 spiro atoms. The van der Waals surface area contributed by atoms with E-state index in [-0.39, 0.29) is 11.8 Å². The quantitative estimate of drug-likeness (QED) is 0.881. The van der Waals surface area contributed by atoms with Crippen molar-refractivity contribution in [1.82, 2.24) is 19.8 Å². The molecule has 1 saturated heterocycles. The summed E-state index contributed by atoms with van der Waals surface area (Å²) in [4.78, 5) is 30.4. The van der Waals surface area contributed by atoms with Gasteiger partial charge in [-0.2, -0.15) is 0 Å². The van der Waals surface area contributed by atoms with Crippen molar-refractivity contribution in [3.8, 4) is 0 Å². The summed E-state index contributed by atoms with van der Waals surface area (Å²) in [5.41, 5.74) is 0. The zero-order valence-electron chi connectivity index (χ0n) is 12.5. The van der Waals surface area contributed by atoms with Crippen molar-refractivity contribution < 1.29 is 9.59 Å². The highest BCUT2D eigenvalue weighted by Gasteiger charge is 2.38. The van der Waals surface area contributed by atoms with Gasteiger partial charge in [-0.3, -0.25) is 9.59 Å². The van der Waals surface area contributed by atoms with Gasteiger partial charge in [-0.05, 0) is 19.3 Å². The number of piperazine rings is 1. The molecule has 6 nitrogen and oxygen atoms in total. The van der Waals surface area contributed by atoms with Crippen LogP contribution in [0.5, 0.6) is 0 Å². The van der Waals surface area contributed by atoms with Gasteiger partial charge in [0.25, 0.3) is 0 Å². The number of hydrogen-bond donors (Lipinski definition) is 1. The monoisotopic (exact) mass is 278 g/mol. The molecule has 1 aromatic rings. The summed E-state index contributed by atoms with van der Waals surface area (Å²) in [6, 6.07) is -0.874. The molecule has 2 heterocycles. The summed E-state index contributed by atoms with van der Waals surface area (Å²) in [7, 11) is 1.88. The van der Waals surface area contributed by atoms with Crippen LogP contribution >= 0.6 is 0 Å². The Hall–Kier alpha value is -1.85. The van der Waals surface area contributed by atoms with Crippen molar-refractivity contribution >= 4 is 11.8 Å². The van der Waals surface area contributed by atoms with Gasteiger partial charge in [-0.1, -0.05) is 13.8 Å². The zero-order valence-corrected chi connectivity index (χ0v) is 12.5. The molecule has 1 fully saturated rings. The van der Waals surface area contributed by atoms with Crippen molar-refractivity contribution in [2.24, 2.45) is 13.0 Å². The minimum Gasteiger partial charge on any atom is -0.343 e. The molecule has 20 heavy (non-hydrogen) atoms. The van der Waals surface area contributed by atoms with Crippen LogP contribution in [0, 0.1) is 5.92 Å². The zero-order chi connectivity index (χ0) is 14.9. The highest BCUT2D eigenvalue weighted by Crippen LogP contribution is 2.17. The summed E-state index contributed by atoms with van der Waals surface area (Å²) >= 11 is 0. The summed E-state index contributed by atoms with van der Waals surface area (Å²) < 4.78 is 1.87. The first kappa shape index (κ1) is 14.6. The maximum Gasteiger partial charge on any atom is 0.246 e. The molecular formula is C14H22N4O2. The molecule has 2 unspecified atom stereocenters. The highest BCUT2D eigenvalue weighted by atomic mass is 16.2. The van der Waals surface area contributed by atoms with Crippen molar-refractivity contribution in [1.29, 1.82) is 0 Å². The number of carbonyl (C=O) groups excluding carboxylic acids is 2. The van der Waals surface area contributed by atoms with Crippen LogP contribution in [0.1, 0.15) is 33.0 Å². The van der Waals surface area contributed by atoms with Crippen LogP contribution in [0.15, 0.2) is 12.4 Å². The Morgan fingerprint density at radius 1 is 1.40 bits per heavy atom. The van der Waals surface area contributed by atoms with E-state index < -0.39 is 12.1 Å². The van der Waals surface area contributed by atoms with Crippen molar-refractivity contribution in [2.75, 3.05) is 0 Å². The molecule has 1 N–H and O–H groups in total. The van der Waals surface area contributed by atoms with Crippen LogP contribution < -0.4 is 5.32 Å². The topological polar surface area (TPSA) is 67.2 Å². The number of nitrogens with one attached hydrogen (secondary N) is 1. The second-order valence-electron chi connectivity index (χ2n) is 5.79. The predicted octanol–water partition coefficient (Wildman–Crippen LogP) is 0.682. The van der Waals surface area contributed by atoms with E-state index >= 15 is 0 Å². The molecule has 0 aromatic carbocycles. The van der Waals surface area contributed by atoms with E-state index in [9.17, 15) is 9.59 Å². The SMILES string of the molecule is CC(C)CC1NC(=O)C(C)N(Cc2nccn2C)C1=O. The predicted molar refractivity (Wildman–Crippen MR) is 74.6 cm³/mol. The molecule has 1 aromatic heterocycles. The maximum atomic E-state index is 12.5. The Labute approximate surface area is 119 Å². The van der Waals surface area contributed by atoms with Crippen LogP contribution in [0.3, 0.4) is 0 Å². The molecule has 0 aliphatic carbocycles. The Bertz CT molecular complexity index is 509. The van der Waals surface area contributed by atoms with Crippen molar-refractivity contribution in [2.45, 2.75) is 45.8 Å². The number of nitrogens with zero attached hydrogens (tertiary/aromatic N) is 3. The lowest BCUT2D eigenvalue weighted by Gasteiger charge is -2.37. The van der Waals surface area contributed by atoms with E-state index in [0.717, 1.165) is 5.82 Å². The van der Waals surface area contributed by atoms with Crippen LogP contribution in [-0.4, -0.2) is 38.3 Å². The van der Waals surface area contributed by atoms with E-state index in [1.54, 1.807) is 18.0 Å². The lowest BCUT2D eigenvalue weighted by molar-refractivity contribution is -0.149. The van der Waals surface area contributed by atoms with Crippen molar-refractivity contribution in [3.05, 3.63) is 18.2 Å². The Morgan fingerprint density at radius 3 is 2.65 bits per heavy atom. The first-order valence-electron chi connectivity index (χ1n) is 6.97. The second-order valence-corrected chi connectivity index (χ2v) is 5.79. The first-order valence-corrected chi connectivity index (χ1v) is 6.97. The van der Waals surface area contributed by atoms with Gasteiger partial charge < -0.3 is 14.8 Å². The largest absolute Gasteiger partial charge is 0.343 e. The highest BCUT2D eigenvalue weighted by molar-refractivity contribution is 5.96. The third-order valence-electron chi connectivity index (χ3n) is 3.68. The molecule has 6 heteroatoms. The first-order chi connectivity index (χ1) is 9.40. The van der Waals surface area contributed by atoms with Gasteiger partial charge in [0.15, 0.2) is 0 Å². The fourth-order valence-corrected chi connectivity index (χ4v) is 2.43. The number of imidazole rings is 1. The minimum atomic E-state index is -0.456. The number of amides is 2. The smallest absolute Gasteiger partial charge is 0.246 e. The fourth-order valence-electron chi connectivity index (χ4n) is 2.43. The van der Waals surface area contributed by atoms with E-state index in [1.165, 1.54) is 0 Å². The molecule has 2 rings (SSSR count). The molecule has 0 saturated carbocycles. The third kappa shape index (κ3) is 2.84. The maximum absolute atomic E-state index is 12.5. The number of hydrogen-bond acceptors (Lipinski definition) is 3. The average molecular weight is 278 g/mol. The van der Waals surface area contributed by atoms with Gasteiger partial charge in [-0.15, -0.1) is 0 Å². The summed E-state index contributed by atoms with van der Waals surface area (Å²) in [6.45, 7) is 6.20.